The van der Waals surface area contributed by atoms with E-state index in [0.29, 0.717) is 23.6 Å². The fourth-order valence-corrected chi connectivity index (χ4v) is 2.82. The number of benzene rings is 1. The largest absolute Gasteiger partial charge is 0.435 e. The van der Waals surface area contributed by atoms with Crippen LogP contribution in [0.15, 0.2) is 24.3 Å². The summed E-state index contributed by atoms with van der Waals surface area (Å²) in [6.07, 6.45) is 0. The predicted molar refractivity (Wildman–Crippen MR) is 93.3 cm³/mol. The fraction of sp³-hybridized carbons (Fsp3) is 0.438. The van der Waals surface area contributed by atoms with Gasteiger partial charge >= 0.3 is 6.61 Å². The van der Waals surface area contributed by atoms with Crippen molar-refractivity contribution in [1.82, 2.24) is 25.2 Å². The lowest BCUT2D eigenvalue weighted by Crippen LogP contribution is -2.52. The minimum absolute atomic E-state index is 0. The Labute approximate surface area is 155 Å². The molecular formula is C16H20ClF2N5O2. The molecule has 1 amide bonds. The number of carbonyl (C=O) groups is 1. The number of piperazine rings is 1. The highest BCUT2D eigenvalue weighted by Crippen LogP contribution is 2.19. The highest BCUT2D eigenvalue weighted by atomic mass is 35.5. The maximum Gasteiger partial charge on any atom is 0.387 e. The molecule has 7 nitrogen and oxygen atoms in total. The first kappa shape index (κ1) is 20.1. The van der Waals surface area contributed by atoms with Crippen molar-refractivity contribution in [2.75, 3.05) is 19.6 Å². The monoisotopic (exact) mass is 387 g/mol. The van der Waals surface area contributed by atoms with Crippen molar-refractivity contribution in [3.63, 3.8) is 0 Å². The number of halogens is 3. The molecule has 0 saturated carbocycles. The summed E-state index contributed by atoms with van der Waals surface area (Å²) < 4.78 is 30.3. The molecule has 1 N–H and O–H groups in total. The van der Waals surface area contributed by atoms with Gasteiger partial charge in [0.05, 0.1) is 11.4 Å². The van der Waals surface area contributed by atoms with Gasteiger partial charge in [0, 0.05) is 25.7 Å². The lowest BCUT2D eigenvalue weighted by atomic mass is 10.2. The summed E-state index contributed by atoms with van der Waals surface area (Å²) in [5.74, 6) is -0.0992. The normalized spacial score (nSPS) is 17.1. The van der Waals surface area contributed by atoms with Gasteiger partial charge in [0.15, 0.2) is 5.69 Å². The molecule has 10 heteroatoms. The zero-order chi connectivity index (χ0) is 18.0. The Morgan fingerprint density at radius 1 is 1.35 bits per heavy atom. The molecule has 2 aromatic rings. The molecule has 0 unspecified atom stereocenters. The van der Waals surface area contributed by atoms with Gasteiger partial charge in [-0.05, 0) is 38.1 Å². The first-order valence-electron chi connectivity index (χ1n) is 7.96. The van der Waals surface area contributed by atoms with Gasteiger partial charge in [0.1, 0.15) is 5.75 Å². The van der Waals surface area contributed by atoms with Crippen LogP contribution in [0.25, 0.3) is 5.69 Å². The maximum atomic E-state index is 12.7. The molecule has 1 aliphatic rings. The number of alkyl halides is 2. The second-order valence-electron chi connectivity index (χ2n) is 5.86. The van der Waals surface area contributed by atoms with E-state index in [1.807, 2.05) is 6.92 Å². The molecular weight excluding hydrogens is 368 g/mol. The molecule has 3 rings (SSSR count). The van der Waals surface area contributed by atoms with Gasteiger partial charge in [-0.1, -0.05) is 5.21 Å². The second-order valence-corrected chi connectivity index (χ2v) is 5.86. The standard InChI is InChI=1S/C16H19F2N5O2.ClH/c1-10-9-19-7-8-22(10)15(24)14-11(2)23(21-20-14)12-3-5-13(6-4-12)25-16(17)18;/h3-6,10,16,19H,7-9H2,1-2H3;1H/t10-;/m1./s1. The van der Waals surface area contributed by atoms with Gasteiger partial charge in [0.25, 0.3) is 5.91 Å². The summed E-state index contributed by atoms with van der Waals surface area (Å²) in [5.41, 5.74) is 1.50. The van der Waals surface area contributed by atoms with Crippen molar-refractivity contribution < 1.29 is 18.3 Å². The van der Waals surface area contributed by atoms with E-state index in [4.69, 9.17) is 0 Å². The van der Waals surface area contributed by atoms with Crippen LogP contribution in [0.1, 0.15) is 23.1 Å². The molecule has 1 aliphatic heterocycles. The van der Waals surface area contributed by atoms with Gasteiger partial charge in [-0.25, -0.2) is 4.68 Å². The van der Waals surface area contributed by atoms with Crippen molar-refractivity contribution >= 4 is 18.3 Å². The molecule has 1 aromatic carbocycles. The van der Waals surface area contributed by atoms with Crippen molar-refractivity contribution in [3.05, 3.63) is 35.7 Å². The van der Waals surface area contributed by atoms with Gasteiger partial charge in [-0.15, -0.1) is 17.5 Å². The Morgan fingerprint density at radius 2 is 2.04 bits per heavy atom. The molecule has 2 heterocycles. The van der Waals surface area contributed by atoms with Gasteiger partial charge < -0.3 is 15.0 Å². The summed E-state index contributed by atoms with van der Waals surface area (Å²) in [6, 6.07) is 6.09. The van der Waals surface area contributed by atoms with Crippen LogP contribution in [0.4, 0.5) is 8.78 Å². The van der Waals surface area contributed by atoms with Crippen molar-refractivity contribution in [1.29, 1.82) is 0 Å². The molecule has 1 fully saturated rings. The van der Waals surface area contributed by atoms with Crippen LogP contribution in [-0.4, -0.2) is 58.1 Å². The van der Waals surface area contributed by atoms with Crippen LogP contribution in [0.5, 0.6) is 5.75 Å². The molecule has 142 valence electrons. The number of ether oxygens (including phenoxy) is 1. The Bertz CT molecular complexity index is 754. The molecule has 0 bridgehead atoms. The van der Waals surface area contributed by atoms with E-state index in [1.54, 1.807) is 24.0 Å². The Hall–Kier alpha value is -2.26. The number of hydrogen-bond donors (Lipinski definition) is 1. The van der Waals surface area contributed by atoms with E-state index < -0.39 is 6.61 Å². The topological polar surface area (TPSA) is 72.3 Å². The average Bonchev–Trinajstić information content (AvgIpc) is 2.96. The number of rotatable bonds is 4. The first-order valence-corrected chi connectivity index (χ1v) is 7.96. The minimum Gasteiger partial charge on any atom is -0.435 e. The summed E-state index contributed by atoms with van der Waals surface area (Å²) in [5, 5.41) is 11.3. The summed E-state index contributed by atoms with van der Waals surface area (Å²) in [4.78, 5) is 14.5. The number of hydrogen-bond acceptors (Lipinski definition) is 5. The summed E-state index contributed by atoms with van der Waals surface area (Å²) in [6.45, 7) is 2.96. The van der Waals surface area contributed by atoms with E-state index >= 15 is 0 Å². The quantitative estimate of drug-likeness (QED) is 0.869. The number of nitrogens with zero attached hydrogens (tertiary/aromatic N) is 4. The van der Waals surface area contributed by atoms with Crippen molar-refractivity contribution in [2.24, 2.45) is 0 Å². The van der Waals surface area contributed by atoms with E-state index in [2.05, 4.69) is 20.4 Å². The lowest BCUT2D eigenvalue weighted by molar-refractivity contribution is -0.0498. The predicted octanol–water partition coefficient (Wildman–Crippen LogP) is 2.03. The third kappa shape index (κ3) is 4.10. The molecule has 1 atom stereocenters. The Balaban J connectivity index is 0.00000243. The molecule has 0 aliphatic carbocycles. The second kappa shape index (κ2) is 8.41. The van der Waals surface area contributed by atoms with Crippen LogP contribution in [-0.2, 0) is 0 Å². The molecule has 1 aromatic heterocycles. The third-order valence-electron chi connectivity index (χ3n) is 4.17. The Kier molecular flexibility index (Phi) is 6.49. The number of amides is 1. The van der Waals surface area contributed by atoms with E-state index in [-0.39, 0.29) is 30.1 Å². The van der Waals surface area contributed by atoms with Crippen LogP contribution in [0, 0.1) is 6.92 Å². The number of aromatic nitrogens is 3. The summed E-state index contributed by atoms with van der Waals surface area (Å²) >= 11 is 0. The fourth-order valence-electron chi connectivity index (χ4n) is 2.82. The van der Waals surface area contributed by atoms with Crippen LogP contribution in [0.3, 0.4) is 0 Å². The van der Waals surface area contributed by atoms with Gasteiger partial charge in [-0.2, -0.15) is 8.78 Å². The first-order chi connectivity index (χ1) is 12.0. The highest BCUT2D eigenvalue weighted by molar-refractivity contribution is 5.93. The SMILES string of the molecule is Cc1c(C(=O)N2CCNC[C@H]2C)nnn1-c1ccc(OC(F)F)cc1.Cl. The van der Waals surface area contributed by atoms with Gasteiger partial charge in [-0.3, -0.25) is 4.79 Å². The lowest BCUT2D eigenvalue weighted by Gasteiger charge is -2.33. The minimum atomic E-state index is -2.87. The number of nitrogens with one attached hydrogen (secondary N) is 1. The van der Waals surface area contributed by atoms with E-state index in [9.17, 15) is 13.6 Å². The maximum absolute atomic E-state index is 12.7. The van der Waals surface area contributed by atoms with Gasteiger partial charge in [0.2, 0.25) is 0 Å². The van der Waals surface area contributed by atoms with Crippen molar-refractivity contribution in [3.8, 4) is 11.4 Å². The molecule has 26 heavy (non-hydrogen) atoms. The zero-order valence-corrected chi connectivity index (χ0v) is 15.2. The molecule has 1 saturated heterocycles. The van der Waals surface area contributed by atoms with Crippen LogP contribution in [0.2, 0.25) is 0 Å². The average molecular weight is 388 g/mol. The van der Waals surface area contributed by atoms with Crippen molar-refractivity contribution in [2.45, 2.75) is 26.5 Å². The molecule has 0 radical (unpaired) electrons. The molecule has 0 spiro atoms. The van der Waals surface area contributed by atoms with Crippen LogP contribution < -0.4 is 10.1 Å². The Morgan fingerprint density at radius 3 is 2.65 bits per heavy atom. The highest BCUT2D eigenvalue weighted by Gasteiger charge is 2.28. The smallest absolute Gasteiger partial charge is 0.387 e. The number of carbonyl (C=O) groups excluding carboxylic acids is 1. The third-order valence-corrected chi connectivity index (χ3v) is 4.17. The van der Waals surface area contributed by atoms with E-state index in [0.717, 1.165) is 13.1 Å². The zero-order valence-electron chi connectivity index (χ0n) is 14.4. The summed E-state index contributed by atoms with van der Waals surface area (Å²) in [7, 11) is 0. The van der Waals surface area contributed by atoms with E-state index in [1.165, 1.54) is 16.8 Å². The van der Waals surface area contributed by atoms with Crippen LogP contribution >= 0.6 is 12.4 Å².